The first-order valence-electron chi connectivity index (χ1n) is 11.2. The van der Waals surface area contributed by atoms with Gasteiger partial charge in [0.15, 0.2) is 0 Å². The number of furan rings is 1. The van der Waals surface area contributed by atoms with E-state index in [4.69, 9.17) is 19.6 Å². The molecule has 0 bridgehead atoms. The van der Waals surface area contributed by atoms with Crippen molar-refractivity contribution in [1.29, 1.82) is 0 Å². The lowest BCUT2D eigenvalue weighted by molar-refractivity contribution is -0.142. The van der Waals surface area contributed by atoms with E-state index in [-0.39, 0.29) is 12.4 Å². The molecule has 170 valence electrons. The molecule has 0 unspecified atom stereocenters. The van der Waals surface area contributed by atoms with E-state index in [1.165, 1.54) is 0 Å². The van der Waals surface area contributed by atoms with Gasteiger partial charge >= 0.3 is 5.97 Å². The fraction of sp³-hybridized carbons (Fsp3) is 0.250. The van der Waals surface area contributed by atoms with Crippen LogP contribution in [0.15, 0.2) is 65.1 Å². The number of esters is 1. The van der Waals surface area contributed by atoms with Crippen LogP contribution in [0.2, 0.25) is 0 Å². The van der Waals surface area contributed by atoms with Gasteiger partial charge in [-0.25, -0.2) is 0 Å². The third kappa shape index (κ3) is 5.26. The number of benzene rings is 3. The van der Waals surface area contributed by atoms with Gasteiger partial charge in [-0.2, -0.15) is 0 Å². The quantitative estimate of drug-likeness (QED) is 0.345. The number of rotatable bonds is 8. The third-order valence-electron chi connectivity index (χ3n) is 5.53. The monoisotopic (exact) mass is 443 g/mol. The Labute approximate surface area is 194 Å². The molecule has 0 aliphatic heterocycles. The van der Waals surface area contributed by atoms with E-state index in [0.717, 1.165) is 50.1 Å². The van der Waals surface area contributed by atoms with Crippen molar-refractivity contribution >= 4 is 16.9 Å². The molecule has 0 spiro atoms. The van der Waals surface area contributed by atoms with Gasteiger partial charge in [0.2, 0.25) is 0 Å². The van der Waals surface area contributed by atoms with Crippen LogP contribution in [0.5, 0.6) is 5.75 Å². The molecule has 0 radical (unpaired) electrons. The summed E-state index contributed by atoms with van der Waals surface area (Å²) < 4.78 is 17.4. The number of hydrogen-bond donors (Lipinski definition) is 1. The molecular weight excluding hydrogens is 414 g/mol. The maximum absolute atomic E-state index is 12.0. The van der Waals surface area contributed by atoms with Crippen LogP contribution in [-0.2, 0) is 29.1 Å². The molecule has 0 atom stereocenters. The fourth-order valence-electron chi connectivity index (χ4n) is 3.98. The molecule has 0 fully saturated rings. The maximum Gasteiger partial charge on any atom is 0.310 e. The first kappa shape index (κ1) is 22.6. The molecule has 0 saturated heterocycles. The molecule has 1 heterocycles. The number of nitrogens with two attached hydrogens (primary N) is 1. The molecule has 5 heteroatoms. The molecule has 2 N–H and O–H groups in total. The molecule has 33 heavy (non-hydrogen) atoms. The van der Waals surface area contributed by atoms with Crippen molar-refractivity contribution in [2.45, 2.75) is 40.3 Å². The van der Waals surface area contributed by atoms with Crippen LogP contribution in [0.25, 0.3) is 22.1 Å². The summed E-state index contributed by atoms with van der Waals surface area (Å²) in [6.07, 6.45) is 0.181. The van der Waals surface area contributed by atoms with Gasteiger partial charge in [0.25, 0.3) is 0 Å². The van der Waals surface area contributed by atoms with Crippen molar-refractivity contribution in [3.8, 4) is 16.9 Å². The zero-order chi connectivity index (χ0) is 23.4. The van der Waals surface area contributed by atoms with Gasteiger partial charge in [-0.3, -0.25) is 4.79 Å². The number of carbonyl (C=O) groups is 1. The van der Waals surface area contributed by atoms with Crippen molar-refractivity contribution < 1.29 is 18.7 Å². The summed E-state index contributed by atoms with van der Waals surface area (Å²) >= 11 is 0. The van der Waals surface area contributed by atoms with Crippen molar-refractivity contribution in [3.05, 3.63) is 88.7 Å². The van der Waals surface area contributed by atoms with Crippen molar-refractivity contribution in [2.75, 3.05) is 6.61 Å². The first-order valence-corrected chi connectivity index (χ1v) is 11.2. The van der Waals surface area contributed by atoms with Crippen LogP contribution in [0.3, 0.4) is 0 Å². The molecule has 0 aliphatic rings. The van der Waals surface area contributed by atoms with Gasteiger partial charge in [0.1, 0.15) is 23.7 Å². The highest BCUT2D eigenvalue weighted by Crippen LogP contribution is 2.33. The predicted molar refractivity (Wildman–Crippen MR) is 130 cm³/mol. The normalized spacial score (nSPS) is 11.0. The van der Waals surface area contributed by atoms with Crippen molar-refractivity contribution in [2.24, 2.45) is 5.73 Å². The average Bonchev–Trinajstić information content (AvgIpc) is 3.18. The topological polar surface area (TPSA) is 74.7 Å². The number of fused-ring (bicyclic) bond motifs is 1. The summed E-state index contributed by atoms with van der Waals surface area (Å²) in [6.45, 7) is 6.96. The van der Waals surface area contributed by atoms with Crippen molar-refractivity contribution in [3.63, 3.8) is 0 Å². The fourth-order valence-corrected chi connectivity index (χ4v) is 3.98. The molecule has 0 aliphatic carbocycles. The van der Waals surface area contributed by atoms with Gasteiger partial charge in [0, 0.05) is 23.1 Å². The highest BCUT2D eigenvalue weighted by molar-refractivity contribution is 5.93. The summed E-state index contributed by atoms with van der Waals surface area (Å²) in [5.41, 5.74) is 12.7. The minimum Gasteiger partial charge on any atom is -0.489 e. The Morgan fingerprint density at radius 3 is 2.64 bits per heavy atom. The number of aryl methyl sites for hydroxylation is 2. The SMILES string of the molecule is CCOC(=O)Cc1ccc(C)cc1OCc1cc(-c2cccc(CN)c2)c2oc(C)cc2c1. The molecule has 4 aromatic rings. The molecular formula is C28H29NO4. The van der Waals surface area contributed by atoms with E-state index in [9.17, 15) is 4.79 Å². The minimum absolute atomic E-state index is 0.181. The predicted octanol–water partition coefficient (Wildman–Crippen LogP) is 5.86. The van der Waals surface area contributed by atoms with Crippen LogP contribution in [-0.4, -0.2) is 12.6 Å². The number of carbonyl (C=O) groups excluding carboxylic acids is 1. The summed E-state index contributed by atoms with van der Waals surface area (Å²) in [6, 6.07) is 20.3. The van der Waals surface area contributed by atoms with Gasteiger partial charge in [-0.15, -0.1) is 0 Å². The van der Waals surface area contributed by atoms with E-state index < -0.39 is 0 Å². The smallest absolute Gasteiger partial charge is 0.310 e. The Kier molecular flexibility index (Phi) is 6.80. The highest BCUT2D eigenvalue weighted by atomic mass is 16.5. The Morgan fingerprint density at radius 1 is 1.00 bits per heavy atom. The Bertz CT molecular complexity index is 1290. The second kappa shape index (κ2) is 9.92. The number of hydrogen-bond acceptors (Lipinski definition) is 5. The van der Waals surface area contributed by atoms with Crippen LogP contribution < -0.4 is 10.5 Å². The van der Waals surface area contributed by atoms with Crippen LogP contribution >= 0.6 is 0 Å². The van der Waals surface area contributed by atoms with E-state index in [0.29, 0.717) is 25.5 Å². The Balaban J connectivity index is 1.66. The lowest BCUT2D eigenvalue weighted by atomic mass is 9.99. The molecule has 0 amide bonds. The van der Waals surface area contributed by atoms with Gasteiger partial charge in [-0.1, -0.05) is 30.3 Å². The summed E-state index contributed by atoms with van der Waals surface area (Å²) in [5.74, 6) is 1.29. The van der Waals surface area contributed by atoms with Crippen LogP contribution in [0.1, 0.15) is 34.9 Å². The van der Waals surface area contributed by atoms with Gasteiger partial charge in [0.05, 0.1) is 13.0 Å². The van der Waals surface area contributed by atoms with E-state index >= 15 is 0 Å². The summed E-state index contributed by atoms with van der Waals surface area (Å²) in [5, 5.41) is 1.03. The second-order valence-electron chi connectivity index (χ2n) is 8.20. The van der Waals surface area contributed by atoms with E-state index in [1.807, 2.05) is 50.2 Å². The van der Waals surface area contributed by atoms with E-state index in [2.05, 4.69) is 24.3 Å². The highest BCUT2D eigenvalue weighted by Gasteiger charge is 2.14. The first-order chi connectivity index (χ1) is 16.0. The molecule has 0 saturated carbocycles. The van der Waals surface area contributed by atoms with Gasteiger partial charge < -0.3 is 19.6 Å². The van der Waals surface area contributed by atoms with Crippen molar-refractivity contribution in [1.82, 2.24) is 0 Å². The maximum atomic E-state index is 12.0. The zero-order valence-corrected chi connectivity index (χ0v) is 19.3. The lowest BCUT2D eigenvalue weighted by Gasteiger charge is -2.14. The molecule has 1 aromatic heterocycles. The summed E-state index contributed by atoms with van der Waals surface area (Å²) in [4.78, 5) is 12.0. The average molecular weight is 444 g/mol. The van der Waals surface area contributed by atoms with Crippen LogP contribution in [0, 0.1) is 13.8 Å². The Hall–Kier alpha value is -3.57. The van der Waals surface area contributed by atoms with Crippen LogP contribution in [0.4, 0.5) is 0 Å². The van der Waals surface area contributed by atoms with E-state index in [1.54, 1.807) is 6.92 Å². The molecule has 3 aromatic carbocycles. The minimum atomic E-state index is -0.261. The standard InChI is InChI=1S/C28H29NO4/c1-4-31-27(30)15-23-9-8-18(2)10-26(23)32-17-21-13-24-11-19(3)33-28(24)25(14-21)22-7-5-6-20(12-22)16-29/h5-14H,4,15-17,29H2,1-3H3. The Morgan fingerprint density at radius 2 is 1.85 bits per heavy atom. The largest absolute Gasteiger partial charge is 0.489 e. The second-order valence-corrected chi connectivity index (χ2v) is 8.20. The molecule has 4 rings (SSSR count). The number of ether oxygens (including phenoxy) is 2. The third-order valence-corrected chi connectivity index (χ3v) is 5.53. The lowest BCUT2D eigenvalue weighted by Crippen LogP contribution is -2.09. The van der Waals surface area contributed by atoms with Gasteiger partial charge in [-0.05, 0) is 73.4 Å². The zero-order valence-electron chi connectivity index (χ0n) is 19.3. The summed E-state index contributed by atoms with van der Waals surface area (Å²) in [7, 11) is 0. The molecule has 5 nitrogen and oxygen atoms in total.